The number of para-hydroxylation sites is 1. The second-order valence-corrected chi connectivity index (χ2v) is 10.7. The number of ether oxygens (including phenoxy) is 1. The van der Waals surface area contributed by atoms with Gasteiger partial charge < -0.3 is 24.4 Å². The molecule has 1 saturated heterocycles. The van der Waals surface area contributed by atoms with Gasteiger partial charge in [0.05, 0.1) is 31.2 Å². The maximum atomic E-state index is 14.0. The van der Waals surface area contributed by atoms with E-state index >= 15 is 0 Å². The van der Waals surface area contributed by atoms with Crippen molar-refractivity contribution in [1.82, 2.24) is 24.3 Å². The molecule has 0 spiro atoms. The molecule has 2 aromatic carbocycles. The van der Waals surface area contributed by atoms with Crippen LogP contribution in [0, 0.1) is 0 Å². The number of hydrogen-bond acceptors (Lipinski definition) is 6. The van der Waals surface area contributed by atoms with Gasteiger partial charge in [0.1, 0.15) is 5.39 Å². The van der Waals surface area contributed by atoms with E-state index in [9.17, 15) is 19.2 Å². The van der Waals surface area contributed by atoms with Gasteiger partial charge in [-0.15, -0.1) is 0 Å². The highest BCUT2D eigenvalue weighted by atomic mass is 16.5. The van der Waals surface area contributed by atoms with E-state index in [-0.39, 0.29) is 47.0 Å². The molecule has 2 aromatic heterocycles. The molecule has 1 fully saturated rings. The lowest BCUT2D eigenvalue weighted by Crippen LogP contribution is -2.48. The molecule has 2 amide bonds. The van der Waals surface area contributed by atoms with Crippen molar-refractivity contribution in [1.29, 1.82) is 0 Å². The van der Waals surface area contributed by atoms with Gasteiger partial charge in [0.15, 0.2) is 17.2 Å². The third-order valence-electron chi connectivity index (χ3n) is 7.71. The lowest BCUT2D eigenvalue weighted by atomic mass is 10.0. The number of carbonyl (C=O) groups excluding carboxylic acids is 3. The lowest BCUT2D eigenvalue weighted by molar-refractivity contribution is -0.132. The second kappa shape index (κ2) is 11.6. The molecule has 1 aliphatic rings. The number of carbonyl (C=O) groups is 3. The number of ketones is 1. The number of amides is 2. The fourth-order valence-electron chi connectivity index (χ4n) is 5.69. The monoisotopic (exact) mass is 557 g/mol. The zero-order valence-electron chi connectivity index (χ0n) is 23.8. The number of piperidine rings is 1. The number of fused-ring (bicyclic) bond motifs is 3. The molecule has 0 aliphatic carbocycles. The van der Waals surface area contributed by atoms with Gasteiger partial charge in [-0.05, 0) is 33.0 Å². The van der Waals surface area contributed by atoms with Crippen molar-refractivity contribution in [3.05, 3.63) is 76.2 Å². The first-order valence-corrected chi connectivity index (χ1v) is 13.7. The summed E-state index contributed by atoms with van der Waals surface area (Å²) in [4.78, 5) is 56.9. The Balaban J connectivity index is 1.50. The molecule has 214 valence electrons. The normalized spacial score (nSPS) is 14.1. The third kappa shape index (κ3) is 5.35. The average molecular weight is 558 g/mol. The summed E-state index contributed by atoms with van der Waals surface area (Å²) in [5.41, 5.74) is 1.52. The van der Waals surface area contributed by atoms with Crippen LogP contribution in [0.15, 0.2) is 59.4 Å². The minimum absolute atomic E-state index is 0.0732. The number of nitrogens with zero attached hydrogens (tertiary/aromatic N) is 4. The number of hydrogen-bond donors (Lipinski definition) is 1. The zero-order chi connectivity index (χ0) is 29.3. The van der Waals surface area contributed by atoms with Crippen molar-refractivity contribution < 1.29 is 19.1 Å². The first-order chi connectivity index (χ1) is 19.7. The largest absolute Gasteiger partial charge is 0.493 e. The van der Waals surface area contributed by atoms with Crippen LogP contribution < -0.4 is 15.6 Å². The number of methoxy groups -OCH3 is 1. The highest BCUT2D eigenvalue weighted by Crippen LogP contribution is 2.35. The minimum Gasteiger partial charge on any atom is -0.493 e. The highest BCUT2D eigenvalue weighted by molar-refractivity contribution is 6.12. The Morgan fingerprint density at radius 1 is 1.00 bits per heavy atom. The van der Waals surface area contributed by atoms with Gasteiger partial charge in [0.25, 0.3) is 11.5 Å². The SMILES string of the molecule is COc1c(C(=O)NC2CCN(C(=O)CN(C)C)CC2)n(C)c2c1c(=O)n(CC(=O)c1ccccc1)c1ccccc21. The minimum atomic E-state index is -0.401. The summed E-state index contributed by atoms with van der Waals surface area (Å²) < 4.78 is 8.87. The van der Waals surface area contributed by atoms with Crippen LogP contribution >= 0.6 is 0 Å². The van der Waals surface area contributed by atoms with Gasteiger partial charge in [-0.2, -0.15) is 0 Å². The van der Waals surface area contributed by atoms with Crippen LogP contribution in [0.1, 0.15) is 33.7 Å². The number of Topliss-reactive ketones (excluding diaryl/α,β-unsaturated/α-hetero) is 1. The summed E-state index contributed by atoms with van der Waals surface area (Å²) in [7, 11) is 6.91. The first kappa shape index (κ1) is 28.1. The van der Waals surface area contributed by atoms with Crippen LogP contribution in [0.4, 0.5) is 0 Å². The summed E-state index contributed by atoms with van der Waals surface area (Å²) in [6, 6.07) is 16.1. The quantitative estimate of drug-likeness (QED) is 0.334. The molecule has 0 atom stereocenters. The average Bonchev–Trinajstić information content (AvgIpc) is 3.28. The molecule has 0 bridgehead atoms. The van der Waals surface area contributed by atoms with E-state index in [4.69, 9.17) is 4.74 Å². The van der Waals surface area contributed by atoms with E-state index in [0.29, 0.717) is 49.1 Å². The van der Waals surface area contributed by atoms with E-state index in [0.717, 1.165) is 5.39 Å². The molecular weight excluding hydrogens is 522 g/mol. The molecule has 0 unspecified atom stereocenters. The van der Waals surface area contributed by atoms with Gasteiger partial charge in [0, 0.05) is 37.1 Å². The first-order valence-electron chi connectivity index (χ1n) is 13.7. The maximum absolute atomic E-state index is 14.0. The smallest absolute Gasteiger partial charge is 0.272 e. The van der Waals surface area contributed by atoms with Crippen LogP contribution in [0.25, 0.3) is 21.8 Å². The number of likely N-dealkylation sites (tertiary alicyclic amines) is 1. The molecule has 41 heavy (non-hydrogen) atoms. The van der Waals surface area contributed by atoms with Crippen molar-refractivity contribution in [2.24, 2.45) is 7.05 Å². The Morgan fingerprint density at radius 3 is 2.32 bits per heavy atom. The second-order valence-electron chi connectivity index (χ2n) is 10.7. The van der Waals surface area contributed by atoms with Gasteiger partial charge in [0.2, 0.25) is 5.91 Å². The molecule has 3 heterocycles. The Kier molecular flexibility index (Phi) is 7.94. The lowest BCUT2D eigenvalue weighted by Gasteiger charge is -2.33. The van der Waals surface area contributed by atoms with E-state index < -0.39 is 5.56 Å². The predicted octanol–water partition coefficient (Wildman–Crippen LogP) is 2.67. The summed E-state index contributed by atoms with van der Waals surface area (Å²) in [6.45, 7) is 1.33. The number of aryl methyl sites for hydroxylation is 1. The van der Waals surface area contributed by atoms with E-state index in [1.807, 2.05) is 48.2 Å². The van der Waals surface area contributed by atoms with Crippen LogP contribution in [0.5, 0.6) is 5.75 Å². The summed E-state index contributed by atoms with van der Waals surface area (Å²) in [5.74, 6) is -0.297. The van der Waals surface area contributed by atoms with Gasteiger partial charge in [-0.3, -0.25) is 23.7 Å². The fraction of sp³-hybridized carbons (Fsp3) is 0.355. The zero-order valence-corrected chi connectivity index (χ0v) is 23.8. The van der Waals surface area contributed by atoms with Crippen LogP contribution in [0.3, 0.4) is 0 Å². The summed E-state index contributed by atoms with van der Waals surface area (Å²) >= 11 is 0. The molecule has 0 radical (unpaired) electrons. The van der Waals surface area contributed by atoms with E-state index in [1.54, 1.807) is 41.9 Å². The van der Waals surface area contributed by atoms with E-state index in [1.165, 1.54) is 11.7 Å². The van der Waals surface area contributed by atoms with Crippen molar-refractivity contribution in [3.8, 4) is 5.75 Å². The molecular formula is C31H35N5O5. The Bertz CT molecular complexity index is 1680. The Morgan fingerprint density at radius 2 is 1.66 bits per heavy atom. The standard InChI is InChI=1S/C31H35N5O5/c1-33(2)19-25(38)35-16-14-21(15-17-35)32-30(39)28-29(41-4)26-27(34(28)3)22-12-8-9-13-23(22)36(31(26)40)18-24(37)20-10-6-5-7-11-20/h5-13,21H,14-19H2,1-4H3,(H,32,39). The third-order valence-corrected chi connectivity index (χ3v) is 7.71. The number of likely N-dealkylation sites (N-methyl/N-ethyl adjacent to an activating group) is 1. The Labute approximate surface area is 238 Å². The number of aromatic nitrogens is 2. The predicted molar refractivity (Wildman–Crippen MR) is 158 cm³/mol. The topological polar surface area (TPSA) is 106 Å². The molecule has 1 N–H and O–H groups in total. The molecule has 10 nitrogen and oxygen atoms in total. The molecule has 0 saturated carbocycles. The van der Waals surface area contributed by atoms with Crippen LogP contribution in [0.2, 0.25) is 0 Å². The summed E-state index contributed by atoms with van der Waals surface area (Å²) in [5, 5.41) is 4.08. The fourth-order valence-corrected chi connectivity index (χ4v) is 5.69. The van der Waals surface area contributed by atoms with Gasteiger partial charge in [-0.1, -0.05) is 48.5 Å². The van der Waals surface area contributed by atoms with Crippen molar-refractivity contribution in [2.75, 3.05) is 40.8 Å². The Hall–Kier alpha value is -4.44. The van der Waals surface area contributed by atoms with Crippen LogP contribution in [-0.2, 0) is 18.4 Å². The van der Waals surface area contributed by atoms with Crippen molar-refractivity contribution >= 4 is 39.4 Å². The van der Waals surface area contributed by atoms with Gasteiger partial charge >= 0.3 is 0 Å². The number of nitrogens with one attached hydrogen (secondary N) is 1. The molecule has 4 aromatic rings. The maximum Gasteiger partial charge on any atom is 0.272 e. The van der Waals surface area contributed by atoms with Crippen LogP contribution in [-0.4, -0.2) is 83.4 Å². The highest BCUT2D eigenvalue weighted by Gasteiger charge is 2.30. The number of pyridine rings is 1. The number of rotatable bonds is 8. The number of benzene rings is 2. The molecule has 5 rings (SSSR count). The van der Waals surface area contributed by atoms with Gasteiger partial charge in [-0.25, -0.2) is 0 Å². The van der Waals surface area contributed by atoms with E-state index in [2.05, 4.69) is 5.32 Å². The molecule has 10 heteroatoms. The van der Waals surface area contributed by atoms with Crippen molar-refractivity contribution in [2.45, 2.75) is 25.4 Å². The molecule has 1 aliphatic heterocycles. The van der Waals surface area contributed by atoms with Crippen molar-refractivity contribution in [3.63, 3.8) is 0 Å². The summed E-state index contributed by atoms with van der Waals surface area (Å²) in [6.07, 6.45) is 1.27.